The minimum absolute atomic E-state index is 0.0174. The second-order valence-electron chi connectivity index (χ2n) is 7.82. The van der Waals surface area contributed by atoms with Crippen molar-refractivity contribution >= 4 is 23.6 Å². The van der Waals surface area contributed by atoms with E-state index in [0.717, 1.165) is 50.9 Å². The monoisotopic (exact) mass is 445 g/mol. The van der Waals surface area contributed by atoms with E-state index in [1.165, 1.54) is 16.3 Å². The number of rotatable bonds is 8. The van der Waals surface area contributed by atoms with E-state index in [1.54, 1.807) is 0 Å². The maximum Gasteiger partial charge on any atom is 0.344 e. The Hall–Kier alpha value is -2.59. The van der Waals surface area contributed by atoms with Crippen LogP contribution in [0.25, 0.3) is 0 Å². The first-order chi connectivity index (χ1) is 15.1. The molecular weight excluding hydrogens is 418 g/mol. The van der Waals surface area contributed by atoms with Crippen LogP contribution in [0.2, 0.25) is 0 Å². The Kier molecular flexibility index (Phi) is 7.08. The van der Waals surface area contributed by atoms with Crippen molar-refractivity contribution in [2.24, 2.45) is 0 Å². The third-order valence-corrected chi connectivity index (χ3v) is 6.53. The van der Waals surface area contributed by atoms with Gasteiger partial charge < -0.3 is 15.0 Å². The number of benzene rings is 1. The molecule has 2 amide bonds. The molecule has 1 aromatic heterocycles. The maximum atomic E-state index is 12.4. The first kappa shape index (κ1) is 21.6. The zero-order valence-corrected chi connectivity index (χ0v) is 18.2. The molecule has 2 fully saturated rings. The van der Waals surface area contributed by atoms with Gasteiger partial charge in [-0.3, -0.25) is 14.2 Å². The summed E-state index contributed by atoms with van der Waals surface area (Å²) in [6.07, 6.45) is 4.07. The van der Waals surface area contributed by atoms with Crippen LogP contribution in [0.3, 0.4) is 0 Å². The van der Waals surface area contributed by atoms with Crippen molar-refractivity contribution in [1.29, 1.82) is 0 Å². The maximum absolute atomic E-state index is 12.4. The van der Waals surface area contributed by atoms with Gasteiger partial charge in [-0.05, 0) is 43.4 Å². The highest BCUT2D eigenvalue weighted by atomic mass is 32.2. The van der Waals surface area contributed by atoms with Gasteiger partial charge in [-0.15, -0.1) is 5.10 Å². The zero-order chi connectivity index (χ0) is 21.6. The van der Waals surface area contributed by atoms with Crippen LogP contribution in [0.15, 0.2) is 34.2 Å². The van der Waals surface area contributed by atoms with E-state index in [1.807, 2.05) is 29.2 Å². The fourth-order valence-corrected chi connectivity index (χ4v) is 4.60. The molecule has 3 heterocycles. The van der Waals surface area contributed by atoms with E-state index in [9.17, 15) is 14.4 Å². The number of carbonyl (C=O) groups is 2. The van der Waals surface area contributed by atoms with Crippen molar-refractivity contribution in [3.05, 3.63) is 45.9 Å². The number of hydrogen-bond donors (Lipinski definition) is 2. The molecule has 0 aliphatic carbocycles. The summed E-state index contributed by atoms with van der Waals surface area (Å²) in [5.41, 5.74) is 1.31. The minimum atomic E-state index is -0.290. The van der Waals surface area contributed by atoms with E-state index < -0.39 is 0 Å². The number of nitrogens with one attached hydrogen (secondary N) is 2. The van der Waals surface area contributed by atoms with Crippen LogP contribution in [-0.4, -0.2) is 63.0 Å². The van der Waals surface area contributed by atoms with Gasteiger partial charge in [-0.25, -0.2) is 9.89 Å². The third kappa shape index (κ3) is 5.56. The fourth-order valence-electron chi connectivity index (χ4n) is 3.82. The van der Waals surface area contributed by atoms with Gasteiger partial charge in [0.15, 0.2) is 5.16 Å². The summed E-state index contributed by atoms with van der Waals surface area (Å²) in [6, 6.07) is 7.35. The van der Waals surface area contributed by atoms with Gasteiger partial charge in [-0.2, -0.15) is 0 Å². The molecule has 10 heteroatoms. The number of nitrogens with zero attached hydrogens (tertiary/aromatic N) is 3. The highest BCUT2D eigenvalue weighted by molar-refractivity contribution is 7.99. The van der Waals surface area contributed by atoms with Crippen molar-refractivity contribution in [2.45, 2.75) is 50.0 Å². The number of aromatic amines is 1. The molecule has 2 saturated heterocycles. The fraction of sp³-hybridized carbons (Fsp3) is 0.524. The Bertz CT molecular complexity index is 959. The molecule has 31 heavy (non-hydrogen) atoms. The molecule has 2 aliphatic rings. The summed E-state index contributed by atoms with van der Waals surface area (Å²) < 4.78 is 7.12. The molecule has 9 nitrogen and oxygen atoms in total. The smallest absolute Gasteiger partial charge is 0.344 e. The predicted octanol–water partition coefficient (Wildman–Crippen LogP) is 1.39. The summed E-state index contributed by atoms with van der Waals surface area (Å²) in [5.74, 6) is 0.0697. The third-order valence-electron chi connectivity index (χ3n) is 5.55. The van der Waals surface area contributed by atoms with Crippen molar-refractivity contribution in [3.63, 3.8) is 0 Å². The molecule has 0 saturated carbocycles. The van der Waals surface area contributed by atoms with Gasteiger partial charge in [-0.1, -0.05) is 23.9 Å². The molecule has 1 aromatic carbocycles. The van der Waals surface area contributed by atoms with E-state index in [0.29, 0.717) is 23.8 Å². The Balaban J connectivity index is 1.24. The second-order valence-corrected chi connectivity index (χ2v) is 8.76. The number of ether oxygens (including phenoxy) is 1. The van der Waals surface area contributed by atoms with Crippen molar-refractivity contribution in [2.75, 3.05) is 25.4 Å². The largest absolute Gasteiger partial charge is 0.376 e. The van der Waals surface area contributed by atoms with Gasteiger partial charge in [0, 0.05) is 31.8 Å². The van der Waals surface area contributed by atoms with Gasteiger partial charge >= 0.3 is 5.69 Å². The number of carbonyl (C=O) groups excluding carboxylic acids is 2. The van der Waals surface area contributed by atoms with Gasteiger partial charge in [0.05, 0.1) is 18.4 Å². The normalized spacial score (nSPS) is 18.5. The molecular formula is C21H27N5O4S. The number of H-pyrrole nitrogens is 1. The van der Waals surface area contributed by atoms with E-state index in [-0.39, 0.29) is 29.4 Å². The highest BCUT2D eigenvalue weighted by Gasteiger charge is 2.21. The van der Waals surface area contributed by atoms with Crippen LogP contribution in [0, 0.1) is 0 Å². The van der Waals surface area contributed by atoms with Crippen molar-refractivity contribution < 1.29 is 14.3 Å². The summed E-state index contributed by atoms with van der Waals surface area (Å²) in [7, 11) is 0. The van der Waals surface area contributed by atoms with Crippen LogP contribution in [0.4, 0.5) is 0 Å². The zero-order valence-electron chi connectivity index (χ0n) is 17.3. The average Bonchev–Trinajstić information content (AvgIpc) is 3.55. The van der Waals surface area contributed by atoms with Crippen LogP contribution < -0.4 is 11.0 Å². The number of aromatic nitrogens is 3. The van der Waals surface area contributed by atoms with Gasteiger partial charge in [0.1, 0.15) is 0 Å². The first-order valence-corrected chi connectivity index (χ1v) is 11.6. The topological polar surface area (TPSA) is 109 Å². The molecule has 2 aromatic rings. The van der Waals surface area contributed by atoms with Crippen LogP contribution in [-0.2, 0) is 22.6 Å². The second kappa shape index (κ2) is 10.1. The lowest BCUT2D eigenvalue weighted by molar-refractivity contribution is -0.118. The SMILES string of the molecule is O=C(CSc1n[nH]c(=O)n1CC1CCCO1)NCc1ccc(C(=O)N2CCCC2)cc1. The summed E-state index contributed by atoms with van der Waals surface area (Å²) >= 11 is 1.22. The number of likely N-dealkylation sites (tertiary alicyclic amines) is 1. The number of thioether (sulfide) groups is 1. The van der Waals surface area contributed by atoms with E-state index in [2.05, 4.69) is 15.5 Å². The molecule has 2 aliphatic heterocycles. The van der Waals surface area contributed by atoms with Crippen LogP contribution in [0.1, 0.15) is 41.6 Å². The molecule has 4 rings (SSSR count). The Morgan fingerprint density at radius 3 is 2.68 bits per heavy atom. The minimum Gasteiger partial charge on any atom is -0.376 e. The van der Waals surface area contributed by atoms with Crippen molar-refractivity contribution in [3.8, 4) is 0 Å². The van der Waals surface area contributed by atoms with Crippen LogP contribution >= 0.6 is 11.8 Å². The summed E-state index contributed by atoms with van der Waals surface area (Å²) in [4.78, 5) is 38.5. The number of amides is 2. The molecule has 0 spiro atoms. The Labute approximate surface area is 184 Å². The van der Waals surface area contributed by atoms with Crippen molar-refractivity contribution in [1.82, 2.24) is 25.0 Å². The molecule has 1 unspecified atom stereocenters. The quantitative estimate of drug-likeness (QED) is 0.595. The number of hydrogen-bond acceptors (Lipinski definition) is 6. The average molecular weight is 446 g/mol. The molecule has 166 valence electrons. The first-order valence-electron chi connectivity index (χ1n) is 10.6. The van der Waals surface area contributed by atoms with Gasteiger partial charge in [0.25, 0.3) is 5.91 Å². The Morgan fingerprint density at radius 1 is 1.19 bits per heavy atom. The molecule has 1 atom stereocenters. The lowest BCUT2D eigenvalue weighted by Gasteiger charge is -2.15. The molecule has 2 N–H and O–H groups in total. The predicted molar refractivity (Wildman–Crippen MR) is 116 cm³/mol. The van der Waals surface area contributed by atoms with E-state index >= 15 is 0 Å². The lowest BCUT2D eigenvalue weighted by atomic mass is 10.1. The Morgan fingerprint density at radius 2 is 1.97 bits per heavy atom. The van der Waals surface area contributed by atoms with Crippen LogP contribution in [0.5, 0.6) is 0 Å². The molecule has 0 radical (unpaired) electrons. The summed E-state index contributed by atoms with van der Waals surface area (Å²) in [5, 5.41) is 9.82. The van der Waals surface area contributed by atoms with Gasteiger partial charge in [0.2, 0.25) is 5.91 Å². The standard InChI is InChI=1S/C21H27N5O4S/c27-18(14-31-21-24-23-20(29)26(21)13-17-4-3-11-30-17)22-12-15-5-7-16(8-6-15)19(28)25-9-1-2-10-25/h5-8,17H,1-4,9-14H2,(H,22,27)(H,23,29). The summed E-state index contributed by atoms with van der Waals surface area (Å²) in [6.45, 7) is 3.19. The lowest BCUT2D eigenvalue weighted by Crippen LogP contribution is -2.28. The van der Waals surface area contributed by atoms with E-state index in [4.69, 9.17) is 4.74 Å². The highest BCUT2D eigenvalue weighted by Crippen LogP contribution is 2.18. The molecule has 0 bridgehead atoms.